The fourth-order valence-corrected chi connectivity index (χ4v) is 3.93. The number of aliphatic hydroxyl groups is 1. The van der Waals surface area contributed by atoms with E-state index in [1.807, 2.05) is 29.6 Å². The Morgan fingerprint density at radius 2 is 2.17 bits per heavy atom. The molecule has 0 amide bonds. The monoisotopic (exact) mass is 326 g/mol. The summed E-state index contributed by atoms with van der Waals surface area (Å²) >= 11 is 1.63. The summed E-state index contributed by atoms with van der Waals surface area (Å²) in [7, 11) is 0. The number of fused-ring (bicyclic) bond motifs is 1. The summed E-state index contributed by atoms with van der Waals surface area (Å²) in [6, 6.07) is 12.3. The molecule has 0 saturated carbocycles. The van der Waals surface area contributed by atoms with Gasteiger partial charge in [0.25, 0.3) is 0 Å². The Bertz CT molecular complexity index is 797. The van der Waals surface area contributed by atoms with Gasteiger partial charge in [-0.3, -0.25) is 5.32 Å². The SMILES string of the molecule is OCC1(NCc2ncc(-c3cccs3)o2)CCc2ccccc21. The summed E-state index contributed by atoms with van der Waals surface area (Å²) < 4.78 is 5.82. The second-order valence-corrected chi connectivity index (χ2v) is 6.79. The van der Waals surface area contributed by atoms with Gasteiger partial charge in [-0.15, -0.1) is 11.3 Å². The van der Waals surface area contributed by atoms with Crippen LogP contribution in [0.5, 0.6) is 0 Å². The van der Waals surface area contributed by atoms with Gasteiger partial charge in [-0.2, -0.15) is 0 Å². The molecule has 0 aliphatic heterocycles. The van der Waals surface area contributed by atoms with E-state index in [9.17, 15) is 5.11 Å². The molecule has 0 spiro atoms. The van der Waals surface area contributed by atoms with Gasteiger partial charge in [-0.05, 0) is 35.4 Å². The van der Waals surface area contributed by atoms with E-state index in [2.05, 4.69) is 22.4 Å². The second-order valence-electron chi connectivity index (χ2n) is 5.85. The Balaban J connectivity index is 1.52. The summed E-state index contributed by atoms with van der Waals surface area (Å²) in [6.07, 6.45) is 3.63. The third-order valence-corrected chi connectivity index (χ3v) is 5.40. The fraction of sp³-hybridized carbons (Fsp3) is 0.278. The topological polar surface area (TPSA) is 58.3 Å². The number of aromatic nitrogens is 1. The van der Waals surface area contributed by atoms with Crippen LogP contribution < -0.4 is 5.32 Å². The zero-order valence-corrected chi connectivity index (χ0v) is 13.5. The van der Waals surface area contributed by atoms with Crippen molar-refractivity contribution >= 4 is 11.3 Å². The minimum absolute atomic E-state index is 0.0719. The van der Waals surface area contributed by atoms with Crippen LogP contribution in [0.2, 0.25) is 0 Å². The number of oxazole rings is 1. The molecule has 1 unspecified atom stereocenters. The maximum atomic E-state index is 9.98. The summed E-state index contributed by atoms with van der Waals surface area (Å²) in [5, 5.41) is 15.5. The molecule has 2 heterocycles. The molecule has 0 fully saturated rings. The van der Waals surface area contributed by atoms with Gasteiger partial charge in [0.15, 0.2) is 5.76 Å². The van der Waals surface area contributed by atoms with Gasteiger partial charge in [0.05, 0.1) is 29.8 Å². The van der Waals surface area contributed by atoms with Crippen LogP contribution in [0.4, 0.5) is 0 Å². The molecule has 1 aliphatic rings. The van der Waals surface area contributed by atoms with Crippen LogP contribution in [0.1, 0.15) is 23.4 Å². The molecule has 1 aliphatic carbocycles. The summed E-state index contributed by atoms with van der Waals surface area (Å²) in [6.45, 7) is 0.572. The highest BCUT2D eigenvalue weighted by atomic mass is 32.1. The van der Waals surface area contributed by atoms with Crippen LogP contribution in [0.15, 0.2) is 52.4 Å². The molecule has 5 heteroatoms. The molecule has 2 aromatic heterocycles. The Hall–Kier alpha value is -1.95. The molecule has 4 nitrogen and oxygen atoms in total. The lowest BCUT2D eigenvalue weighted by atomic mass is 9.92. The molecule has 2 N–H and O–H groups in total. The molecule has 0 bridgehead atoms. The predicted octanol–water partition coefficient (Wildman–Crippen LogP) is 3.33. The molecule has 1 aromatic carbocycles. The molecule has 1 atom stereocenters. The molecule has 3 aromatic rings. The molecular weight excluding hydrogens is 308 g/mol. The summed E-state index contributed by atoms with van der Waals surface area (Å²) in [4.78, 5) is 5.43. The van der Waals surface area contributed by atoms with E-state index in [1.54, 1.807) is 17.5 Å². The lowest BCUT2D eigenvalue weighted by Crippen LogP contribution is -2.43. The van der Waals surface area contributed by atoms with Crippen LogP contribution in [0.3, 0.4) is 0 Å². The van der Waals surface area contributed by atoms with Crippen molar-refractivity contribution < 1.29 is 9.52 Å². The Morgan fingerprint density at radius 1 is 1.26 bits per heavy atom. The van der Waals surface area contributed by atoms with Crippen LogP contribution in [0.25, 0.3) is 10.6 Å². The van der Waals surface area contributed by atoms with Gasteiger partial charge in [-0.1, -0.05) is 30.3 Å². The normalized spacial score (nSPS) is 19.9. The van der Waals surface area contributed by atoms with Crippen LogP contribution in [-0.4, -0.2) is 16.7 Å². The highest BCUT2D eigenvalue weighted by Gasteiger charge is 2.37. The van der Waals surface area contributed by atoms with Crippen molar-refractivity contribution in [3.8, 4) is 10.6 Å². The van der Waals surface area contributed by atoms with Gasteiger partial charge in [-0.25, -0.2) is 4.98 Å². The van der Waals surface area contributed by atoms with Gasteiger partial charge in [0, 0.05) is 0 Å². The Labute approximate surface area is 138 Å². The quantitative estimate of drug-likeness (QED) is 0.755. The number of aliphatic hydroxyl groups excluding tert-OH is 1. The number of nitrogens with one attached hydrogen (secondary N) is 1. The first-order valence-corrected chi connectivity index (χ1v) is 8.61. The van der Waals surface area contributed by atoms with Crippen LogP contribution in [0, 0.1) is 0 Å². The highest BCUT2D eigenvalue weighted by Crippen LogP contribution is 2.36. The van der Waals surface area contributed by atoms with E-state index in [0.29, 0.717) is 12.4 Å². The molecule has 118 valence electrons. The zero-order valence-electron chi connectivity index (χ0n) is 12.7. The second kappa shape index (κ2) is 5.92. The number of aryl methyl sites for hydroxylation is 1. The van der Waals surface area contributed by atoms with E-state index in [0.717, 1.165) is 23.5 Å². The first-order chi connectivity index (χ1) is 11.3. The Kier molecular flexibility index (Phi) is 3.77. The maximum Gasteiger partial charge on any atom is 0.208 e. The largest absolute Gasteiger partial charge is 0.438 e. The van der Waals surface area contributed by atoms with Gasteiger partial charge >= 0.3 is 0 Å². The minimum Gasteiger partial charge on any atom is -0.438 e. The van der Waals surface area contributed by atoms with E-state index >= 15 is 0 Å². The van der Waals surface area contributed by atoms with Crippen molar-refractivity contribution in [1.82, 2.24) is 10.3 Å². The van der Waals surface area contributed by atoms with Crippen molar-refractivity contribution in [2.45, 2.75) is 24.9 Å². The molecule has 4 rings (SSSR count). The van der Waals surface area contributed by atoms with Crippen molar-refractivity contribution in [3.05, 3.63) is 65.0 Å². The maximum absolute atomic E-state index is 9.98. The smallest absolute Gasteiger partial charge is 0.208 e. The summed E-state index contributed by atoms with van der Waals surface area (Å²) in [5.74, 6) is 1.44. The van der Waals surface area contributed by atoms with Crippen LogP contribution in [-0.2, 0) is 18.5 Å². The average molecular weight is 326 g/mol. The molecule has 23 heavy (non-hydrogen) atoms. The van der Waals surface area contributed by atoms with Crippen molar-refractivity contribution in [3.63, 3.8) is 0 Å². The molecule has 0 radical (unpaired) electrons. The number of hydrogen-bond donors (Lipinski definition) is 2. The van der Waals surface area contributed by atoms with Crippen molar-refractivity contribution in [2.24, 2.45) is 0 Å². The number of benzene rings is 1. The zero-order chi connectivity index (χ0) is 15.7. The summed E-state index contributed by atoms with van der Waals surface area (Å²) in [5.41, 5.74) is 2.10. The van der Waals surface area contributed by atoms with Gasteiger partial charge in [0.2, 0.25) is 5.89 Å². The lowest BCUT2D eigenvalue weighted by Gasteiger charge is -2.29. The van der Waals surface area contributed by atoms with E-state index in [4.69, 9.17) is 4.42 Å². The fourth-order valence-electron chi connectivity index (χ4n) is 3.26. The van der Waals surface area contributed by atoms with Crippen molar-refractivity contribution in [1.29, 1.82) is 0 Å². The average Bonchev–Trinajstić information content (AvgIpc) is 3.32. The van der Waals surface area contributed by atoms with E-state index in [1.165, 1.54) is 11.1 Å². The predicted molar refractivity (Wildman–Crippen MR) is 90.2 cm³/mol. The number of hydrogen-bond acceptors (Lipinski definition) is 5. The lowest BCUT2D eigenvalue weighted by molar-refractivity contribution is 0.155. The van der Waals surface area contributed by atoms with E-state index in [-0.39, 0.29) is 6.61 Å². The molecular formula is C18H18N2O2S. The van der Waals surface area contributed by atoms with Gasteiger partial charge < -0.3 is 9.52 Å². The number of nitrogens with zero attached hydrogens (tertiary/aromatic N) is 1. The molecule has 0 saturated heterocycles. The standard InChI is InChI=1S/C18H18N2O2S/c21-12-18(8-7-13-4-1-2-5-14(13)18)20-11-17-19-10-15(22-17)16-6-3-9-23-16/h1-6,9-10,20-21H,7-8,11-12H2. The van der Waals surface area contributed by atoms with Crippen molar-refractivity contribution in [2.75, 3.05) is 6.61 Å². The Morgan fingerprint density at radius 3 is 3.00 bits per heavy atom. The van der Waals surface area contributed by atoms with E-state index < -0.39 is 5.54 Å². The third kappa shape index (κ3) is 2.61. The third-order valence-electron chi connectivity index (χ3n) is 4.52. The highest BCUT2D eigenvalue weighted by molar-refractivity contribution is 7.13. The van der Waals surface area contributed by atoms with Gasteiger partial charge in [0.1, 0.15) is 0 Å². The first-order valence-electron chi connectivity index (χ1n) is 7.74. The number of thiophene rings is 1. The van der Waals surface area contributed by atoms with Crippen LogP contribution >= 0.6 is 11.3 Å². The number of rotatable bonds is 5. The minimum atomic E-state index is -0.395. The first kappa shape index (κ1) is 14.6.